The molecule has 2 N–H and O–H groups in total. The monoisotopic (exact) mass is 327 g/mol. The van der Waals surface area contributed by atoms with E-state index in [1.807, 2.05) is 24.3 Å². The number of aliphatic hydroxyl groups excluding tert-OH is 1. The van der Waals surface area contributed by atoms with Crippen LogP contribution in [0.4, 0.5) is 0 Å². The summed E-state index contributed by atoms with van der Waals surface area (Å²) in [7, 11) is 0. The van der Waals surface area contributed by atoms with Crippen LogP contribution < -0.4 is 10.1 Å². The van der Waals surface area contributed by atoms with Gasteiger partial charge in [-0.2, -0.15) is 0 Å². The number of rotatable bonds is 7. The number of carbonyl (C=O) groups excluding carboxylic acids is 1. The van der Waals surface area contributed by atoms with Crippen molar-refractivity contribution < 1.29 is 14.6 Å². The van der Waals surface area contributed by atoms with E-state index >= 15 is 0 Å². The molecule has 0 aromatic heterocycles. The fraction of sp³-hybridized carbons (Fsp3) is 0.500. The number of halogens is 1. The number of ether oxygens (including phenoxy) is 1. The highest BCUT2D eigenvalue weighted by atomic mass is 79.9. The Morgan fingerprint density at radius 1 is 1.42 bits per heavy atom. The SMILES string of the molecule is O=C(CCOc1ccc(Br)cc1)NCC(O)C1CC1. The number of benzene rings is 1. The number of amides is 1. The minimum atomic E-state index is -0.392. The molecular formula is C14H18BrNO3. The van der Waals surface area contributed by atoms with E-state index in [0.29, 0.717) is 25.5 Å². The molecule has 0 heterocycles. The minimum Gasteiger partial charge on any atom is -0.493 e. The van der Waals surface area contributed by atoms with Crippen molar-refractivity contribution in [1.29, 1.82) is 0 Å². The molecule has 0 radical (unpaired) electrons. The third kappa shape index (κ3) is 5.20. The first-order valence-corrected chi connectivity index (χ1v) is 7.27. The second-order valence-corrected chi connectivity index (χ2v) is 5.68. The average molecular weight is 328 g/mol. The van der Waals surface area contributed by atoms with Gasteiger partial charge in [0.1, 0.15) is 5.75 Å². The van der Waals surface area contributed by atoms with Gasteiger partial charge in [-0.3, -0.25) is 4.79 Å². The first-order valence-electron chi connectivity index (χ1n) is 6.48. The zero-order valence-electron chi connectivity index (χ0n) is 10.6. The molecule has 1 unspecified atom stereocenters. The summed E-state index contributed by atoms with van der Waals surface area (Å²) in [6.45, 7) is 0.689. The zero-order chi connectivity index (χ0) is 13.7. The summed E-state index contributed by atoms with van der Waals surface area (Å²) < 4.78 is 6.45. The highest BCUT2D eigenvalue weighted by Gasteiger charge is 2.29. The molecule has 19 heavy (non-hydrogen) atoms. The summed E-state index contributed by atoms with van der Waals surface area (Å²) >= 11 is 3.34. The molecule has 0 aliphatic heterocycles. The lowest BCUT2D eigenvalue weighted by molar-refractivity contribution is -0.122. The van der Waals surface area contributed by atoms with Crippen molar-refractivity contribution in [2.24, 2.45) is 5.92 Å². The summed E-state index contributed by atoms with van der Waals surface area (Å²) in [6.07, 6.45) is 2.05. The quantitative estimate of drug-likeness (QED) is 0.806. The Morgan fingerprint density at radius 2 is 2.11 bits per heavy atom. The van der Waals surface area contributed by atoms with E-state index in [1.54, 1.807) is 0 Å². The van der Waals surface area contributed by atoms with Crippen LogP contribution in [0.15, 0.2) is 28.7 Å². The highest BCUT2D eigenvalue weighted by Crippen LogP contribution is 2.32. The van der Waals surface area contributed by atoms with Gasteiger partial charge in [0.05, 0.1) is 19.1 Å². The molecule has 1 aliphatic carbocycles. The van der Waals surface area contributed by atoms with Gasteiger partial charge in [-0.1, -0.05) is 15.9 Å². The molecule has 1 saturated carbocycles. The average Bonchev–Trinajstić information content (AvgIpc) is 3.23. The van der Waals surface area contributed by atoms with Crippen molar-refractivity contribution >= 4 is 21.8 Å². The summed E-state index contributed by atoms with van der Waals surface area (Å²) in [5.41, 5.74) is 0. The van der Waals surface area contributed by atoms with Crippen LogP contribution in [0.5, 0.6) is 5.75 Å². The van der Waals surface area contributed by atoms with Gasteiger partial charge < -0.3 is 15.2 Å². The normalized spacial score (nSPS) is 15.9. The molecule has 1 aromatic carbocycles. The molecule has 2 rings (SSSR count). The fourth-order valence-corrected chi connectivity index (χ4v) is 2.01. The highest BCUT2D eigenvalue weighted by molar-refractivity contribution is 9.10. The smallest absolute Gasteiger partial charge is 0.223 e. The van der Waals surface area contributed by atoms with Crippen molar-refractivity contribution in [3.8, 4) is 5.75 Å². The number of carbonyl (C=O) groups is 1. The minimum absolute atomic E-state index is 0.0863. The Bertz CT molecular complexity index is 417. The van der Waals surface area contributed by atoms with E-state index in [4.69, 9.17) is 4.74 Å². The Balaban J connectivity index is 1.59. The lowest BCUT2D eigenvalue weighted by Gasteiger charge is -2.11. The Morgan fingerprint density at radius 3 is 2.74 bits per heavy atom. The van der Waals surface area contributed by atoms with Crippen molar-refractivity contribution in [3.63, 3.8) is 0 Å². The maximum Gasteiger partial charge on any atom is 0.223 e. The first kappa shape index (κ1) is 14.3. The third-order valence-corrected chi connectivity index (χ3v) is 3.61. The van der Waals surface area contributed by atoms with E-state index in [2.05, 4.69) is 21.2 Å². The molecule has 1 aliphatic rings. The molecule has 0 spiro atoms. The second-order valence-electron chi connectivity index (χ2n) is 4.76. The first-order chi connectivity index (χ1) is 9.15. The van der Waals surface area contributed by atoms with Crippen LogP contribution >= 0.6 is 15.9 Å². The van der Waals surface area contributed by atoms with Crippen LogP contribution in [0.2, 0.25) is 0 Å². The summed E-state index contributed by atoms with van der Waals surface area (Å²) in [6, 6.07) is 7.47. The van der Waals surface area contributed by atoms with E-state index in [0.717, 1.165) is 23.1 Å². The van der Waals surface area contributed by atoms with Gasteiger partial charge in [-0.15, -0.1) is 0 Å². The van der Waals surface area contributed by atoms with E-state index in [9.17, 15) is 9.90 Å². The summed E-state index contributed by atoms with van der Waals surface area (Å²) in [5.74, 6) is 1.05. The van der Waals surface area contributed by atoms with Crippen LogP contribution in [-0.2, 0) is 4.79 Å². The van der Waals surface area contributed by atoms with Gasteiger partial charge in [0.15, 0.2) is 0 Å². The van der Waals surface area contributed by atoms with Crippen LogP contribution in [0.1, 0.15) is 19.3 Å². The standard InChI is InChI=1S/C14H18BrNO3/c15-11-3-5-12(6-4-11)19-8-7-14(18)16-9-13(17)10-1-2-10/h3-6,10,13,17H,1-2,7-9H2,(H,16,18). The van der Waals surface area contributed by atoms with Crippen LogP contribution in [0, 0.1) is 5.92 Å². The second kappa shape index (κ2) is 6.91. The van der Waals surface area contributed by atoms with E-state index in [-0.39, 0.29) is 5.91 Å². The molecule has 1 aromatic rings. The van der Waals surface area contributed by atoms with Gasteiger partial charge in [0, 0.05) is 11.0 Å². The Labute approximate surface area is 121 Å². The molecule has 0 saturated heterocycles. The van der Waals surface area contributed by atoms with Crippen LogP contribution in [-0.4, -0.2) is 30.3 Å². The van der Waals surface area contributed by atoms with Crippen LogP contribution in [0.3, 0.4) is 0 Å². The van der Waals surface area contributed by atoms with Crippen molar-refractivity contribution in [2.75, 3.05) is 13.2 Å². The number of hydrogen-bond acceptors (Lipinski definition) is 3. The molecule has 1 fully saturated rings. The third-order valence-electron chi connectivity index (χ3n) is 3.09. The predicted molar refractivity (Wildman–Crippen MR) is 76.0 cm³/mol. The maximum absolute atomic E-state index is 11.5. The molecule has 4 nitrogen and oxygen atoms in total. The fourth-order valence-electron chi connectivity index (χ4n) is 1.75. The largest absolute Gasteiger partial charge is 0.493 e. The molecule has 1 amide bonds. The van der Waals surface area contributed by atoms with E-state index < -0.39 is 6.10 Å². The lowest BCUT2D eigenvalue weighted by Crippen LogP contribution is -2.33. The summed E-state index contributed by atoms with van der Waals surface area (Å²) in [5, 5.41) is 12.3. The van der Waals surface area contributed by atoms with Gasteiger partial charge in [0.25, 0.3) is 0 Å². The molecular weight excluding hydrogens is 310 g/mol. The van der Waals surface area contributed by atoms with Gasteiger partial charge in [-0.25, -0.2) is 0 Å². The Kier molecular flexibility index (Phi) is 5.22. The lowest BCUT2D eigenvalue weighted by atomic mass is 10.2. The number of aliphatic hydroxyl groups is 1. The van der Waals surface area contributed by atoms with Crippen molar-refractivity contribution in [3.05, 3.63) is 28.7 Å². The van der Waals surface area contributed by atoms with Gasteiger partial charge >= 0.3 is 0 Å². The maximum atomic E-state index is 11.5. The van der Waals surface area contributed by atoms with Crippen molar-refractivity contribution in [1.82, 2.24) is 5.32 Å². The molecule has 1 atom stereocenters. The summed E-state index contributed by atoms with van der Waals surface area (Å²) in [4.78, 5) is 11.5. The van der Waals surface area contributed by atoms with Crippen LogP contribution in [0.25, 0.3) is 0 Å². The van der Waals surface area contributed by atoms with Crippen molar-refractivity contribution in [2.45, 2.75) is 25.4 Å². The van der Waals surface area contributed by atoms with Gasteiger partial charge in [0.2, 0.25) is 5.91 Å². The Hall–Kier alpha value is -1.07. The number of nitrogens with one attached hydrogen (secondary N) is 1. The molecule has 0 bridgehead atoms. The molecule has 104 valence electrons. The molecule has 5 heteroatoms. The predicted octanol–water partition coefficient (Wildman–Crippen LogP) is 2.11. The number of hydrogen-bond donors (Lipinski definition) is 2. The zero-order valence-corrected chi connectivity index (χ0v) is 12.2. The van der Waals surface area contributed by atoms with Gasteiger partial charge in [-0.05, 0) is 43.0 Å². The topological polar surface area (TPSA) is 58.6 Å². The van der Waals surface area contributed by atoms with E-state index in [1.165, 1.54) is 0 Å².